The summed E-state index contributed by atoms with van der Waals surface area (Å²) in [4.78, 5) is 0. The molecule has 0 saturated carbocycles. The van der Waals surface area contributed by atoms with Crippen molar-refractivity contribution in [1.82, 2.24) is 0 Å². The number of rotatable bonds is 7. The van der Waals surface area contributed by atoms with Gasteiger partial charge in [0, 0.05) is 0 Å². The molecule has 0 bridgehead atoms. The van der Waals surface area contributed by atoms with E-state index < -0.39 is 12.1 Å². The zero-order valence-electron chi connectivity index (χ0n) is 9.61. The van der Waals surface area contributed by atoms with Crippen molar-refractivity contribution >= 4 is 0 Å². The Balaban J connectivity index is 3.60. The average Bonchev–Trinajstić information content (AvgIpc) is 2.11. The largest absolute Gasteiger partial charge is 0.395 e. The average molecular weight is 203 g/mol. The van der Waals surface area contributed by atoms with E-state index in [0.717, 1.165) is 6.42 Å². The highest BCUT2D eigenvalue weighted by atomic mass is 16.3. The van der Waals surface area contributed by atoms with Crippen LogP contribution in [0.3, 0.4) is 0 Å². The van der Waals surface area contributed by atoms with Gasteiger partial charge in [0.1, 0.15) is 0 Å². The predicted octanol–water partition coefficient (Wildman–Crippen LogP) is 1.13. The van der Waals surface area contributed by atoms with Gasteiger partial charge in [0.15, 0.2) is 0 Å². The van der Waals surface area contributed by atoms with Crippen LogP contribution in [0.25, 0.3) is 0 Å². The summed E-state index contributed by atoms with van der Waals surface area (Å²) in [6.45, 7) is 6.45. The number of hydrogen-bond donors (Lipinski definition) is 3. The number of hydrogen-bond acceptors (Lipinski definition) is 3. The van der Waals surface area contributed by atoms with Crippen molar-refractivity contribution in [3.63, 3.8) is 0 Å². The molecule has 0 aliphatic heterocycles. The van der Waals surface area contributed by atoms with E-state index in [4.69, 9.17) is 10.8 Å². The maximum absolute atomic E-state index is 9.52. The second kappa shape index (κ2) is 7.21. The fraction of sp³-hybridized carbons (Fsp3) is 1.00. The van der Waals surface area contributed by atoms with E-state index in [0.29, 0.717) is 18.3 Å². The van der Waals surface area contributed by atoms with Gasteiger partial charge in [-0.05, 0) is 31.1 Å². The SMILES string of the molecule is CC(C)CC(C)CCC(O)C(N)CO. The van der Waals surface area contributed by atoms with Crippen molar-refractivity contribution in [1.29, 1.82) is 0 Å². The van der Waals surface area contributed by atoms with Gasteiger partial charge in [-0.3, -0.25) is 0 Å². The fourth-order valence-corrected chi connectivity index (χ4v) is 1.71. The first-order chi connectivity index (χ1) is 6.47. The van der Waals surface area contributed by atoms with Gasteiger partial charge >= 0.3 is 0 Å². The molecule has 0 saturated heterocycles. The summed E-state index contributed by atoms with van der Waals surface area (Å²) >= 11 is 0. The second-order valence-corrected chi connectivity index (χ2v) is 4.73. The topological polar surface area (TPSA) is 66.5 Å². The van der Waals surface area contributed by atoms with Crippen LogP contribution in [0, 0.1) is 11.8 Å². The van der Waals surface area contributed by atoms with Crippen molar-refractivity contribution in [3.05, 3.63) is 0 Å². The summed E-state index contributed by atoms with van der Waals surface area (Å²) in [5, 5.41) is 18.2. The Hall–Kier alpha value is -0.120. The van der Waals surface area contributed by atoms with Crippen LogP contribution in [-0.2, 0) is 0 Å². The molecule has 0 aromatic rings. The van der Waals surface area contributed by atoms with Crippen LogP contribution in [0.5, 0.6) is 0 Å². The van der Waals surface area contributed by atoms with Gasteiger partial charge < -0.3 is 15.9 Å². The molecule has 0 aliphatic carbocycles. The van der Waals surface area contributed by atoms with Crippen molar-refractivity contribution in [2.75, 3.05) is 6.61 Å². The molecule has 0 heterocycles. The highest BCUT2D eigenvalue weighted by Gasteiger charge is 2.15. The smallest absolute Gasteiger partial charge is 0.0713 e. The van der Waals surface area contributed by atoms with Crippen LogP contribution in [-0.4, -0.2) is 29.0 Å². The Morgan fingerprint density at radius 3 is 2.14 bits per heavy atom. The summed E-state index contributed by atoms with van der Waals surface area (Å²) in [6, 6.07) is -0.485. The molecule has 3 nitrogen and oxygen atoms in total. The molecule has 3 unspecified atom stereocenters. The molecule has 0 radical (unpaired) electrons. The zero-order chi connectivity index (χ0) is 11.1. The Kier molecular flexibility index (Phi) is 7.15. The third-order valence-corrected chi connectivity index (χ3v) is 2.53. The monoisotopic (exact) mass is 203 g/mol. The number of nitrogens with two attached hydrogens (primary N) is 1. The fourth-order valence-electron chi connectivity index (χ4n) is 1.71. The minimum atomic E-state index is -0.561. The summed E-state index contributed by atoms with van der Waals surface area (Å²) in [5.41, 5.74) is 5.50. The van der Waals surface area contributed by atoms with Crippen molar-refractivity contribution in [2.24, 2.45) is 17.6 Å². The molecule has 14 heavy (non-hydrogen) atoms. The number of aliphatic hydroxyl groups is 2. The van der Waals surface area contributed by atoms with E-state index in [9.17, 15) is 5.11 Å². The van der Waals surface area contributed by atoms with Gasteiger partial charge in [0.2, 0.25) is 0 Å². The normalized spacial score (nSPS) is 18.2. The third-order valence-electron chi connectivity index (χ3n) is 2.53. The standard InChI is InChI=1S/C11H25NO2/c1-8(2)6-9(3)4-5-11(14)10(12)7-13/h8-11,13-14H,4-7,12H2,1-3H3. The molecule has 0 aromatic heterocycles. The molecule has 0 rings (SSSR count). The van der Waals surface area contributed by atoms with Crippen molar-refractivity contribution in [2.45, 2.75) is 52.2 Å². The van der Waals surface area contributed by atoms with E-state index in [-0.39, 0.29) is 6.61 Å². The molecule has 0 amide bonds. The minimum Gasteiger partial charge on any atom is -0.395 e. The Morgan fingerprint density at radius 2 is 1.71 bits per heavy atom. The predicted molar refractivity (Wildman–Crippen MR) is 58.9 cm³/mol. The van der Waals surface area contributed by atoms with Gasteiger partial charge in [-0.2, -0.15) is 0 Å². The molecular formula is C11H25NO2. The highest BCUT2D eigenvalue weighted by Crippen LogP contribution is 2.17. The van der Waals surface area contributed by atoms with Crippen molar-refractivity contribution < 1.29 is 10.2 Å². The van der Waals surface area contributed by atoms with Gasteiger partial charge in [-0.15, -0.1) is 0 Å². The van der Waals surface area contributed by atoms with Crippen LogP contribution in [0.4, 0.5) is 0 Å². The van der Waals surface area contributed by atoms with E-state index >= 15 is 0 Å². The number of aliphatic hydroxyl groups excluding tert-OH is 2. The molecular weight excluding hydrogens is 178 g/mol. The van der Waals surface area contributed by atoms with Crippen LogP contribution in [0.2, 0.25) is 0 Å². The maximum Gasteiger partial charge on any atom is 0.0713 e. The van der Waals surface area contributed by atoms with Gasteiger partial charge in [0.05, 0.1) is 18.8 Å². The molecule has 3 atom stereocenters. The first-order valence-electron chi connectivity index (χ1n) is 5.51. The lowest BCUT2D eigenvalue weighted by Crippen LogP contribution is -2.38. The summed E-state index contributed by atoms with van der Waals surface area (Å²) in [7, 11) is 0. The first-order valence-corrected chi connectivity index (χ1v) is 5.51. The summed E-state index contributed by atoms with van der Waals surface area (Å²) in [6.07, 6.45) is 2.29. The first kappa shape index (κ1) is 13.9. The van der Waals surface area contributed by atoms with E-state index in [1.807, 2.05) is 0 Å². The van der Waals surface area contributed by atoms with Crippen LogP contribution >= 0.6 is 0 Å². The molecule has 0 aromatic carbocycles. The molecule has 86 valence electrons. The molecule has 0 aliphatic rings. The summed E-state index contributed by atoms with van der Waals surface area (Å²) < 4.78 is 0. The van der Waals surface area contributed by atoms with Gasteiger partial charge in [-0.25, -0.2) is 0 Å². The van der Waals surface area contributed by atoms with Crippen LogP contribution in [0.1, 0.15) is 40.0 Å². The Bertz CT molecular complexity index is 139. The lowest BCUT2D eigenvalue weighted by molar-refractivity contribution is 0.0949. The van der Waals surface area contributed by atoms with Gasteiger partial charge in [0.25, 0.3) is 0 Å². The Morgan fingerprint density at radius 1 is 1.14 bits per heavy atom. The third kappa shape index (κ3) is 6.35. The highest BCUT2D eigenvalue weighted by molar-refractivity contribution is 4.71. The minimum absolute atomic E-state index is 0.139. The van der Waals surface area contributed by atoms with E-state index in [1.54, 1.807) is 0 Å². The van der Waals surface area contributed by atoms with Crippen molar-refractivity contribution in [3.8, 4) is 0 Å². The van der Waals surface area contributed by atoms with Gasteiger partial charge in [-0.1, -0.05) is 20.8 Å². The van der Waals surface area contributed by atoms with E-state index in [2.05, 4.69) is 20.8 Å². The quantitative estimate of drug-likeness (QED) is 0.581. The van der Waals surface area contributed by atoms with Crippen LogP contribution < -0.4 is 5.73 Å². The molecule has 0 fully saturated rings. The second-order valence-electron chi connectivity index (χ2n) is 4.73. The molecule has 4 N–H and O–H groups in total. The maximum atomic E-state index is 9.52. The molecule has 3 heteroatoms. The lowest BCUT2D eigenvalue weighted by Gasteiger charge is -2.19. The zero-order valence-corrected chi connectivity index (χ0v) is 9.61. The summed E-state index contributed by atoms with van der Waals surface area (Å²) in [5.74, 6) is 1.32. The Labute approximate surface area is 87.3 Å². The van der Waals surface area contributed by atoms with Crippen LogP contribution in [0.15, 0.2) is 0 Å². The van der Waals surface area contributed by atoms with E-state index in [1.165, 1.54) is 6.42 Å². The lowest BCUT2D eigenvalue weighted by atomic mass is 9.92. The molecule has 0 spiro atoms.